The molecule has 0 bridgehead atoms. The van der Waals surface area contributed by atoms with Crippen molar-refractivity contribution >= 4 is 11.8 Å². The average Bonchev–Trinajstić information content (AvgIpc) is 2.38. The molecule has 0 unspecified atom stereocenters. The summed E-state index contributed by atoms with van der Waals surface area (Å²) in [5, 5.41) is 0. The van der Waals surface area contributed by atoms with Crippen LogP contribution in [-0.2, 0) is 11.2 Å². The summed E-state index contributed by atoms with van der Waals surface area (Å²) in [5.41, 5.74) is 3.88. The molecule has 90 valence electrons. The third-order valence-corrected chi connectivity index (χ3v) is 3.15. The third-order valence-electron chi connectivity index (χ3n) is 3.15. The van der Waals surface area contributed by atoms with E-state index in [1.54, 1.807) is 0 Å². The predicted octanol–water partition coefficient (Wildman–Crippen LogP) is 4.43. The van der Waals surface area contributed by atoms with Gasteiger partial charge in [-0.25, -0.2) is 0 Å². The maximum Gasteiger partial charge on any atom is 0.119 e. The van der Waals surface area contributed by atoms with Gasteiger partial charge in [-0.1, -0.05) is 50.3 Å². The van der Waals surface area contributed by atoms with E-state index in [0.717, 1.165) is 38.0 Å². The number of hydrogen-bond donors (Lipinski definition) is 0. The first kappa shape index (κ1) is 12.0. The first-order chi connectivity index (χ1) is 8.33. The lowest BCUT2D eigenvalue weighted by Crippen LogP contribution is -2.02. The highest BCUT2D eigenvalue weighted by Gasteiger charge is 2.12. The summed E-state index contributed by atoms with van der Waals surface area (Å²) in [6.07, 6.45) is 8.88. The zero-order chi connectivity index (χ0) is 12.1. The van der Waals surface area contributed by atoms with Crippen molar-refractivity contribution in [3.05, 3.63) is 47.5 Å². The molecular weight excluding hydrogens is 208 g/mol. The minimum atomic E-state index is 0.773. The Bertz CT molecular complexity index is 429. The highest BCUT2D eigenvalue weighted by molar-refractivity contribution is 5.68. The number of benzene rings is 1. The molecule has 0 aliphatic heterocycles. The molecule has 0 fully saturated rings. The van der Waals surface area contributed by atoms with Crippen molar-refractivity contribution in [3.8, 4) is 0 Å². The Labute approximate surface area is 104 Å². The Morgan fingerprint density at radius 1 is 1.41 bits per heavy atom. The number of ether oxygens (including phenoxy) is 1. The van der Waals surface area contributed by atoms with E-state index >= 15 is 0 Å². The maximum absolute atomic E-state index is 5.72. The molecular formula is C16H20O. The van der Waals surface area contributed by atoms with Gasteiger partial charge in [0, 0.05) is 5.56 Å². The summed E-state index contributed by atoms with van der Waals surface area (Å²) in [6.45, 7) is 7.00. The van der Waals surface area contributed by atoms with E-state index in [4.69, 9.17) is 4.74 Å². The Balaban J connectivity index is 2.15. The lowest BCUT2D eigenvalue weighted by Gasteiger charge is -2.17. The Morgan fingerprint density at radius 3 is 3.12 bits per heavy atom. The van der Waals surface area contributed by atoms with Crippen molar-refractivity contribution < 1.29 is 4.74 Å². The molecule has 0 heterocycles. The largest absolute Gasteiger partial charge is 0.494 e. The monoisotopic (exact) mass is 228 g/mol. The van der Waals surface area contributed by atoms with Gasteiger partial charge < -0.3 is 4.74 Å². The van der Waals surface area contributed by atoms with Gasteiger partial charge in [0.05, 0.1) is 6.61 Å². The molecule has 1 aromatic rings. The number of fused-ring (bicyclic) bond motifs is 1. The van der Waals surface area contributed by atoms with E-state index in [1.165, 1.54) is 16.7 Å². The lowest BCUT2D eigenvalue weighted by molar-refractivity contribution is 0.271. The average molecular weight is 228 g/mol. The molecule has 17 heavy (non-hydrogen) atoms. The molecule has 0 saturated heterocycles. The van der Waals surface area contributed by atoms with Crippen molar-refractivity contribution in [1.29, 1.82) is 0 Å². The smallest absolute Gasteiger partial charge is 0.119 e. The second kappa shape index (κ2) is 5.72. The summed E-state index contributed by atoms with van der Waals surface area (Å²) in [4.78, 5) is 0. The van der Waals surface area contributed by atoms with E-state index in [0.29, 0.717) is 0 Å². The highest BCUT2D eigenvalue weighted by atomic mass is 16.5. The standard InChI is InChI=1S/C16H20O/c1-3-4-12-17-13(2)15-11-7-9-14-8-5-6-10-16(14)15/h5,7-9,11H,2-4,6,10,12H2,1H3. The van der Waals surface area contributed by atoms with Crippen molar-refractivity contribution in [2.75, 3.05) is 6.61 Å². The highest BCUT2D eigenvalue weighted by Crippen LogP contribution is 2.27. The van der Waals surface area contributed by atoms with E-state index in [-0.39, 0.29) is 0 Å². The van der Waals surface area contributed by atoms with Gasteiger partial charge in [-0.2, -0.15) is 0 Å². The molecule has 1 aliphatic carbocycles. The van der Waals surface area contributed by atoms with E-state index in [9.17, 15) is 0 Å². The van der Waals surface area contributed by atoms with E-state index in [2.05, 4.69) is 43.9 Å². The maximum atomic E-state index is 5.72. The van der Waals surface area contributed by atoms with Crippen LogP contribution >= 0.6 is 0 Å². The van der Waals surface area contributed by atoms with Gasteiger partial charge in [0.25, 0.3) is 0 Å². The molecule has 1 aliphatic rings. The molecule has 1 nitrogen and oxygen atoms in total. The number of unbranched alkanes of at least 4 members (excludes halogenated alkanes) is 1. The first-order valence-electron chi connectivity index (χ1n) is 6.43. The van der Waals surface area contributed by atoms with Gasteiger partial charge in [-0.3, -0.25) is 0 Å². The van der Waals surface area contributed by atoms with Crippen molar-refractivity contribution in [1.82, 2.24) is 0 Å². The summed E-state index contributed by atoms with van der Waals surface area (Å²) < 4.78 is 5.72. The Hall–Kier alpha value is -1.50. The first-order valence-corrected chi connectivity index (χ1v) is 6.43. The van der Waals surface area contributed by atoms with Crippen LogP contribution in [0.25, 0.3) is 11.8 Å². The van der Waals surface area contributed by atoms with Crippen LogP contribution in [0, 0.1) is 0 Å². The Morgan fingerprint density at radius 2 is 2.29 bits per heavy atom. The van der Waals surface area contributed by atoms with Gasteiger partial charge in [-0.05, 0) is 30.4 Å². The van der Waals surface area contributed by atoms with E-state index in [1.807, 2.05) is 0 Å². The molecule has 0 amide bonds. The second-order valence-corrected chi connectivity index (χ2v) is 4.44. The SMILES string of the molecule is C=C(OCCCC)c1cccc2c1CCC=C2. The van der Waals surface area contributed by atoms with Crippen LogP contribution < -0.4 is 0 Å². The fourth-order valence-electron chi connectivity index (χ4n) is 2.16. The van der Waals surface area contributed by atoms with Gasteiger partial charge in [-0.15, -0.1) is 0 Å². The van der Waals surface area contributed by atoms with Crippen LogP contribution in [0.3, 0.4) is 0 Å². The lowest BCUT2D eigenvalue weighted by atomic mass is 9.92. The zero-order valence-electron chi connectivity index (χ0n) is 10.5. The number of allylic oxidation sites excluding steroid dienone is 1. The second-order valence-electron chi connectivity index (χ2n) is 4.44. The molecule has 0 radical (unpaired) electrons. The summed E-state index contributed by atoms with van der Waals surface area (Å²) in [5.74, 6) is 0.825. The van der Waals surface area contributed by atoms with E-state index < -0.39 is 0 Å². The van der Waals surface area contributed by atoms with Gasteiger partial charge >= 0.3 is 0 Å². The molecule has 0 N–H and O–H groups in total. The van der Waals surface area contributed by atoms with Crippen LogP contribution in [0.15, 0.2) is 30.9 Å². The topological polar surface area (TPSA) is 9.23 Å². The minimum Gasteiger partial charge on any atom is -0.494 e. The van der Waals surface area contributed by atoms with Crippen LogP contribution in [0.2, 0.25) is 0 Å². The third kappa shape index (κ3) is 2.79. The molecule has 0 atom stereocenters. The summed E-state index contributed by atoms with van der Waals surface area (Å²) in [7, 11) is 0. The van der Waals surface area contributed by atoms with Crippen molar-refractivity contribution in [2.24, 2.45) is 0 Å². The minimum absolute atomic E-state index is 0.773. The summed E-state index contributed by atoms with van der Waals surface area (Å²) >= 11 is 0. The fraction of sp³-hybridized carbons (Fsp3) is 0.375. The predicted molar refractivity (Wildman–Crippen MR) is 73.7 cm³/mol. The van der Waals surface area contributed by atoms with Crippen LogP contribution in [0.1, 0.15) is 42.9 Å². The fourth-order valence-corrected chi connectivity index (χ4v) is 2.16. The molecule has 0 aromatic heterocycles. The quantitative estimate of drug-likeness (QED) is 0.535. The van der Waals surface area contributed by atoms with Crippen LogP contribution in [0.4, 0.5) is 0 Å². The molecule has 0 spiro atoms. The van der Waals surface area contributed by atoms with Gasteiger partial charge in [0.2, 0.25) is 0 Å². The summed E-state index contributed by atoms with van der Waals surface area (Å²) in [6, 6.07) is 6.36. The molecule has 0 saturated carbocycles. The molecule has 2 rings (SSSR count). The Kier molecular flexibility index (Phi) is 4.03. The van der Waals surface area contributed by atoms with Crippen molar-refractivity contribution in [2.45, 2.75) is 32.6 Å². The zero-order valence-corrected chi connectivity index (χ0v) is 10.5. The molecule has 1 heteroatoms. The number of rotatable bonds is 5. The normalized spacial score (nSPS) is 13.2. The van der Waals surface area contributed by atoms with Gasteiger partial charge in [0.15, 0.2) is 0 Å². The van der Waals surface area contributed by atoms with Crippen LogP contribution in [-0.4, -0.2) is 6.61 Å². The number of hydrogen-bond acceptors (Lipinski definition) is 1. The van der Waals surface area contributed by atoms with Gasteiger partial charge in [0.1, 0.15) is 5.76 Å². The molecule has 1 aromatic carbocycles. The van der Waals surface area contributed by atoms with Crippen molar-refractivity contribution in [3.63, 3.8) is 0 Å². The van der Waals surface area contributed by atoms with Crippen LogP contribution in [0.5, 0.6) is 0 Å².